The second-order valence-corrected chi connectivity index (χ2v) is 8.37. The molecule has 2 aliphatic rings. The van der Waals surface area contributed by atoms with Crippen LogP contribution in [0.4, 0.5) is 22.0 Å². The van der Waals surface area contributed by atoms with Crippen molar-refractivity contribution in [2.24, 2.45) is 0 Å². The first kappa shape index (κ1) is 25.0. The molecule has 2 aromatic carbocycles. The number of nitrogens with one attached hydrogen (secondary N) is 1. The van der Waals surface area contributed by atoms with Crippen LogP contribution in [-0.4, -0.2) is 54.2 Å². The molecule has 2 atom stereocenters. The summed E-state index contributed by atoms with van der Waals surface area (Å²) < 4.78 is 76.3. The molecule has 2 aliphatic heterocycles. The Morgan fingerprint density at radius 1 is 1.09 bits per heavy atom. The maximum atomic E-state index is 13.3. The van der Waals surface area contributed by atoms with Crippen molar-refractivity contribution in [3.63, 3.8) is 0 Å². The van der Waals surface area contributed by atoms with Crippen molar-refractivity contribution in [2.75, 3.05) is 19.6 Å². The summed E-state index contributed by atoms with van der Waals surface area (Å²) in [5, 5.41) is 13.8. The number of carbonyl (C=O) groups excluding carboxylic acids is 1. The number of benzene rings is 2. The van der Waals surface area contributed by atoms with Crippen molar-refractivity contribution in [1.82, 2.24) is 10.2 Å². The smallest absolute Gasteiger partial charge is 0.406 e. The topological polar surface area (TPSA) is 80.3 Å². The van der Waals surface area contributed by atoms with Gasteiger partial charge in [0.1, 0.15) is 11.9 Å². The van der Waals surface area contributed by atoms with Gasteiger partial charge in [0.05, 0.1) is 12.5 Å². The molecule has 0 spiro atoms. The molecule has 1 amide bonds. The quantitative estimate of drug-likeness (QED) is 0.536. The van der Waals surface area contributed by atoms with Gasteiger partial charge in [-0.05, 0) is 61.3 Å². The van der Waals surface area contributed by atoms with Crippen LogP contribution in [0.3, 0.4) is 0 Å². The molecule has 0 aliphatic carbocycles. The third kappa shape index (κ3) is 6.73. The van der Waals surface area contributed by atoms with E-state index in [0.29, 0.717) is 12.1 Å². The fourth-order valence-electron chi connectivity index (χ4n) is 4.10. The zero-order valence-electron chi connectivity index (χ0n) is 18.4. The second-order valence-electron chi connectivity index (χ2n) is 8.37. The maximum absolute atomic E-state index is 13.3. The number of hydrogen-bond donors (Lipinski definition) is 2. The Kier molecular flexibility index (Phi) is 7.04. The van der Waals surface area contributed by atoms with E-state index in [1.54, 1.807) is 0 Å². The first-order chi connectivity index (χ1) is 16.5. The molecular formula is C23H23F5N2O5. The highest BCUT2D eigenvalue weighted by Gasteiger charge is 2.43. The fourth-order valence-corrected chi connectivity index (χ4v) is 4.10. The van der Waals surface area contributed by atoms with Crippen LogP contribution >= 0.6 is 0 Å². The Morgan fingerprint density at radius 2 is 1.74 bits per heavy atom. The lowest BCUT2D eigenvalue weighted by Crippen LogP contribution is -2.47. The highest BCUT2D eigenvalue weighted by atomic mass is 19.4. The summed E-state index contributed by atoms with van der Waals surface area (Å²) in [4.78, 5) is 14.8. The number of nitrogens with zero attached hydrogens (tertiary/aromatic N) is 1. The van der Waals surface area contributed by atoms with Gasteiger partial charge in [-0.25, -0.2) is 0 Å². The number of ether oxygens (including phenoxy) is 3. The summed E-state index contributed by atoms with van der Waals surface area (Å²) in [7, 11) is 0. The number of carbonyl (C=O) groups is 1. The molecule has 2 aromatic rings. The average molecular weight is 502 g/mol. The van der Waals surface area contributed by atoms with Crippen molar-refractivity contribution in [3.05, 3.63) is 53.6 Å². The summed E-state index contributed by atoms with van der Waals surface area (Å²) in [5.41, 5.74) is 0.694. The van der Waals surface area contributed by atoms with Crippen LogP contribution in [-0.2, 0) is 11.2 Å². The summed E-state index contributed by atoms with van der Waals surface area (Å²) in [6.45, 7) is 1.89. The van der Waals surface area contributed by atoms with Gasteiger partial charge in [0.15, 0.2) is 11.5 Å². The molecule has 0 saturated carbocycles. The molecule has 1 fully saturated rings. The summed E-state index contributed by atoms with van der Waals surface area (Å²) in [5.74, 6) is -1.26. The Hall–Kier alpha value is -3.12. The van der Waals surface area contributed by atoms with E-state index < -0.39 is 36.5 Å². The summed E-state index contributed by atoms with van der Waals surface area (Å²) >= 11 is 0. The van der Waals surface area contributed by atoms with Gasteiger partial charge in [-0.1, -0.05) is 18.2 Å². The molecule has 0 aromatic heterocycles. The fraction of sp³-hybridized carbons (Fsp3) is 0.435. The van der Waals surface area contributed by atoms with Crippen LogP contribution in [0.1, 0.15) is 30.1 Å². The maximum Gasteiger partial charge on any atom is 0.586 e. The highest BCUT2D eigenvalue weighted by molar-refractivity contribution is 5.79. The zero-order chi connectivity index (χ0) is 25.2. The number of aliphatic hydroxyl groups excluding tert-OH is 1. The molecule has 12 heteroatoms. The minimum absolute atomic E-state index is 0.150. The molecule has 0 radical (unpaired) electrons. The lowest BCUT2D eigenvalue weighted by molar-refractivity contribution is -0.286. The van der Waals surface area contributed by atoms with Crippen LogP contribution in [0.25, 0.3) is 0 Å². The normalized spacial score (nSPS) is 18.8. The number of likely N-dealkylation sites (tertiary alicyclic amines) is 1. The Bertz CT molecular complexity index is 1040. The number of rotatable bonds is 8. The summed E-state index contributed by atoms with van der Waals surface area (Å²) in [6, 6.07) is 8.02. The monoisotopic (exact) mass is 502 g/mol. The van der Waals surface area contributed by atoms with Crippen LogP contribution in [0.2, 0.25) is 0 Å². The van der Waals surface area contributed by atoms with E-state index in [0.717, 1.165) is 38.1 Å². The van der Waals surface area contributed by atoms with Gasteiger partial charge in [0, 0.05) is 6.54 Å². The number of alkyl halides is 5. The van der Waals surface area contributed by atoms with E-state index in [4.69, 9.17) is 0 Å². The average Bonchev–Trinajstić information content (AvgIpc) is 3.38. The molecule has 35 heavy (non-hydrogen) atoms. The molecule has 190 valence electrons. The number of amides is 1. The lowest BCUT2D eigenvalue weighted by atomic mass is 10.0. The third-order valence-electron chi connectivity index (χ3n) is 5.67. The van der Waals surface area contributed by atoms with E-state index in [1.165, 1.54) is 30.3 Å². The van der Waals surface area contributed by atoms with E-state index >= 15 is 0 Å². The zero-order valence-corrected chi connectivity index (χ0v) is 18.4. The first-order valence-electron chi connectivity index (χ1n) is 10.9. The van der Waals surface area contributed by atoms with Gasteiger partial charge in [0.25, 0.3) is 0 Å². The van der Waals surface area contributed by atoms with Crippen molar-refractivity contribution in [2.45, 2.75) is 44.1 Å². The molecule has 4 rings (SSSR count). The SMILES string of the molecule is O=C(Cc1ccc(OC(F)(F)F)cc1)NC(CN1CCCC1)C(O)c1ccc2c(c1)OC(F)(F)O2. The van der Waals surface area contributed by atoms with Crippen LogP contribution in [0.15, 0.2) is 42.5 Å². The standard InChI is InChI=1S/C23H23F5N2O5/c24-22(25,26)33-16-6-3-14(4-7-16)11-20(31)29-17(13-30-9-1-2-10-30)21(32)15-5-8-18-19(12-15)35-23(27,28)34-18/h3-8,12,17,21,32H,1-2,9-11,13H2,(H,29,31). The number of hydrogen-bond acceptors (Lipinski definition) is 6. The second kappa shape index (κ2) is 9.86. The predicted molar refractivity (Wildman–Crippen MR) is 112 cm³/mol. The largest absolute Gasteiger partial charge is 0.586 e. The van der Waals surface area contributed by atoms with Crippen molar-refractivity contribution in [1.29, 1.82) is 0 Å². The molecule has 7 nitrogen and oxygen atoms in total. The Morgan fingerprint density at radius 3 is 2.40 bits per heavy atom. The number of halogens is 5. The lowest BCUT2D eigenvalue weighted by Gasteiger charge is -2.29. The van der Waals surface area contributed by atoms with E-state index in [1.807, 2.05) is 0 Å². The van der Waals surface area contributed by atoms with Crippen LogP contribution in [0, 0.1) is 0 Å². The molecule has 2 unspecified atom stereocenters. The van der Waals surface area contributed by atoms with Crippen molar-refractivity contribution in [3.8, 4) is 17.2 Å². The van der Waals surface area contributed by atoms with E-state index in [2.05, 4.69) is 24.4 Å². The molecule has 1 saturated heterocycles. The minimum Gasteiger partial charge on any atom is -0.406 e. The van der Waals surface area contributed by atoms with Crippen LogP contribution < -0.4 is 19.5 Å². The molecule has 2 heterocycles. The van der Waals surface area contributed by atoms with Gasteiger partial charge in [-0.2, -0.15) is 0 Å². The highest BCUT2D eigenvalue weighted by Crippen LogP contribution is 2.42. The third-order valence-corrected chi connectivity index (χ3v) is 5.67. The van der Waals surface area contributed by atoms with Crippen molar-refractivity contribution >= 4 is 5.91 Å². The minimum atomic E-state index is -4.82. The van der Waals surface area contributed by atoms with E-state index in [9.17, 15) is 31.9 Å². The van der Waals surface area contributed by atoms with Gasteiger partial charge in [-0.3, -0.25) is 4.79 Å². The number of aliphatic hydroxyl groups is 1. The van der Waals surface area contributed by atoms with Gasteiger partial charge in [-0.15, -0.1) is 22.0 Å². The van der Waals surface area contributed by atoms with Gasteiger partial charge in [0.2, 0.25) is 5.91 Å². The van der Waals surface area contributed by atoms with E-state index in [-0.39, 0.29) is 23.5 Å². The van der Waals surface area contributed by atoms with Crippen molar-refractivity contribution < 1.29 is 46.1 Å². The Labute approximate surface area is 197 Å². The first-order valence-corrected chi connectivity index (χ1v) is 10.9. The molecular weight excluding hydrogens is 479 g/mol. The van der Waals surface area contributed by atoms with Gasteiger partial charge < -0.3 is 29.5 Å². The molecule has 2 N–H and O–H groups in total. The number of fused-ring (bicyclic) bond motifs is 1. The molecule has 0 bridgehead atoms. The van der Waals surface area contributed by atoms with Crippen LogP contribution in [0.5, 0.6) is 17.2 Å². The summed E-state index contributed by atoms with van der Waals surface area (Å²) in [6.07, 6.45) is -8.06. The van der Waals surface area contributed by atoms with Gasteiger partial charge >= 0.3 is 12.7 Å². The Balaban J connectivity index is 1.44. The predicted octanol–water partition coefficient (Wildman–Crippen LogP) is 3.76.